The van der Waals surface area contributed by atoms with Crippen molar-refractivity contribution in [3.05, 3.63) is 196 Å². The topological polar surface area (TPSA) is 0 Å². The van der Waals surface area contributed by atoms with Crippen molar-refractivity contribution in [1.29, 1.82) is 0 Å². The molecule has 56 heavy (non-hydrogen) atoms. The van der Waals surface area contributed by atoms with E-state index in [2.05, 4.69) is 145 Å². The predicted octanol–water partition coefficient (Wildman–Crippen LogP) is 9.06. The summed E-state index contributed by atoms with van der Waals surface area (Å²) in [7, 11) is 0. The number of hydrogen-bond acceptors (Lipinski definition) is 0. The Balaban J connectivity index is 0.000000252. The maximum Gasteiger partial charge on any atom is -0.109 e. The summed E-state index contributed by atoms with van der Waals surface area (Å²) in [5, 5.41) is 6.90. The Morgan fingerprint density at radius 1 is 0.571 bits per heavy atom. The van der Waals surface area contributed by atoms with E-state index in [1.807, 2.05) is 60.7 Å². The first-order valence-corrected chi connectivity index (χ1v) is 20.4. The summed E-state index contributed by atoms with van der Waals surface area (Å²) < 4.78 is 1.31. The molecule has 0 N–H and O–H groups in total. The quantitative estimate of drug-likeness (QED) is 0.155. The Morgan fingerprint density at radius 2 is 0.964 bits per heavy atom. The van der Waals surface area contributed by atoms with Gasteiger partial charge < -0.3 is 24.8 Å². The summed E-state index contributed by atoms with van der Waals surface area (Å²) >= 11 is 13.1. The minimum absolute atomic E-state index is 0. The van der Waals surface area contributed by atoms with Gasteiger partial charge in [0, 0.05) is 0 Å². The van der Waals surface area contributed by atoms with Crippen LogP contribution in [0.3, 0.4) is 0 Å². The average molecular weight is 892 g/mol. The Kier molecular flexibility index (Phi) is 16.0. The molecule has 0 amide bonds. The second kappa shape index (κ2) is 19.8. The van der Waals surface area contributed by atoms with Crippen molar-refractivity contribution in [3.8, 4) is 22.3 Å². The molecule has 0 nitrogen and oxygen atoms in total. The first-order chi connectivity index (χ1) is 25.8. The third kappa shape index (κ3) is 11.2. The zero-order chi connectivity index (χ0) is 38.5. The third-order valence-electron chi connectivity index (χ3n) is 9.62. The van der Waals surface area contributed by atoms with Crippen LogP contribution in [0.2, 0.25) is 10.0 Å². The summed E-state index contributed by atoms with van der Waals surface area (Å²) in [5.41, 5.74) is 10.6. The fraction of sp³-hybridized carbons (Fsp3) is 0.176. The number of hydrogen-bond donors (Lipinski definition) is 0. The van der Waals surface area contributed by atoms with E-state index in [4.69, 9.17) is 23.2 Å². The summed E-state index contributed by atoms with van der Waals surface area (Å²) in [6.07, 6.45) is 10.0. The van der Waals surface area contributed by atoms with Gasteiger partial charge >= 0.3 is 120 Å². The van der Waals surface area contributed by atoms with Gasteiger partial charge in [0.05, 0.1) is 0 Å². The maximum absolute atomic E-state index is 5.86. The molecular weight excluding hydrogens is 846 g/mol. The molecule has 1 aliphatic rings. The molecule has 0 radical (unpaired) electrons. The van der Waals surface area contributed by atoms with E-state index >= 15 is 0 Å². The zero-order valence-electron chi connectivity index (χ0n) is 32.7. The molecule has 0 bridgehead atoms. The second-order valence-corrected chi connectivity index (χ2v) is 17.8. The maximum atomic E-state index is 5.86. The van der Waals surface area contributed by atoms with Gasteiger partial charge in [-0.05, 0) is 44.2 Å². The van der Waals surface area contributed by atoms with Gasteiger partial charge in [0.2, 0.25) is 0 Å². The van der Waals surface area contributed by atoms with Gasteiger partial charge in [-0.25, -0.2) is 12.2 Å². The van der Waals surface area contributed by atoms with Gasteiger partial charge in [0.1, 0.15) is 0 Å². The first-order valence-electron chi connectivity index (χ1n) is 18.4. The molecule has 1 aliphatic carbocycles. The summed E-state index contributed by atoms with van der Waals surface area (Å²) in [5.74, 6) is 0. The van der Waals surface area contributed by atoms with Gasteiger partial charge in [-0.3, -0.25) is 6.08 Å². The van der Waals surface area contributed by atoms with Crippen molar-refractivity contribution >= 4 is 48.0 Å². The number of benzene rings is 6. The van der Waals surface area contributed by atoms with Crippen molar-refractivity contribution in [2.45, 2.75) is 58.8 Å². The Hall–Kier alpha value is -3.42. The average Bonchev–Trinajstić information content (AvgIpc) is 3.86. The number of allylic oxidation sites excluding steroid dienone is 4. The van der Waals surface area contributed by atoms with E-state index in [0.29, 0.717) is 0 Å². The minimum atomic E-state index is 0. The minimum Gasteiger partial charge on any atom is -1.00 e. The van der Waals surface area contributed by atoms with Crippen LogP contribution < -0.4 is 24.8 Å². The van der Waals surface area contributed by atoms with E-state index in [1.165, 1.54) is 93.5 Å². The van der Waals surface area contributed by atoms with Gasteiger partial charge in [-0.15, -0.1) is 46.2 Å². The number of rotatable bonds is 4. The summed E-state index contributed by atoms with van der Waals surface area (Å²) in [6.45, 7) is 13.9. The van der Waals surface area contributed by atoms with Gasteiger partial charge in [-0.1, -0.05) is 114 Å². The molecule has 7 aromatic rings. The van der Waals surface area contributed by atoms with Crippen LogP contribution in [0.1, 0.15) is 70.2 Å². The van der Waals surface area contributed by atoms with Crippen molar-refractivity contribution in [2.75, 3.05) is 0 Å². The Bertz CT molecular complexity index is 2260. The summed E-state index contributed by atoms with van der Waals surface area (Å²) in [4.78, 5) is 0. The molecule has 7 aromatic carbocycles. The van der Waals surface area contributed by atoms with Gasteiger partial charge in [0.25, 0.3) is 0 Å². The van der Waals surface area contributed by atoms with Crippen LogP contribution >= 0.6 is 23.2 Å². The van der Waals surface area contributed by atoms with E-state index in [-0.39, 0.29) is 35.6 Å². The summed E-state index contributed by atoms with van der Waals surface area (Å²) in [6, 6.07) is 49.5. The van der Waals surface area contributed by atoms with Crippen LogP contribution in [-0.2, 0) is 35.1 Å². The van der Waals surface area contributed by atoms with Crippen LogP contribution in [-0.4, -0.2) is 3.21 Å². The number of fused-ring (bicyclic) bond motifs is 3. The predicted molar refractivity (Wildman–Crippen MR) is 233 cm³/mol. The molecule has 0 saturated carbocycles. The molecular formula is C51H46Cl4Zr-2. The molecule has 0 atom stereocenters. The zero-order valence-corrected chi connectivity index (χ0v) is 38.2. The monoisotopic (exact) mass is 888 g/mol. The van der Waals surface area contributed by atoms with Gasteiger partial charge in [-0.2, -0.15) is 6.08 Å². The molecule has 0 heterocycles. The molecule has 8 rings (SSSR count). The molecule has 0 saturated heterocycles. The fourth-order valence-corrected chi connectivity index (χ4v) is 7.87. The Labute approximate surface area is 371 Å². The van der Waals surface area contributed by atoms with Crippen molar-refractivity contribution in [2.24, 2.45) is 0 Å². The number of halogens is 4. The molecule has 0 aromatic heterocycles. The van der Waals surface area contributed by atoms with Gasteiger partial charge in [0.15, 0.2) is 0 Å². The first kappa shape index (κ1) is 45.3. The van der Waals surface area contributed by atoms with Crippen molar-refractivity contribution in [3.63, 3.8) is 0 Å². The van der Waals surface area contributed by atoms with E-state index in [9.17, 15) is 0 Å². The van der Waals surface area contributed by atoms with Crippen LogP contribution in [0.15, 0.2) is 158 Å². The van der Waals surface area contributed by atoms with Crippen molar-refractivity contribution < 1.29 is 49.0 Å². The molecule has 5 heteroatoms. The Morgan fingerprint density at radius 3 is 1.27 bits per heavy atom. The third-order valence-corrected chi connectivity index (χ3v) is 11.5. The standard InChI is InChI=1S/C33H33.C13H8Cl2.C5H5.2ClH.Zr/c1-32(2,3)30-20-26-24(18-28(30)22-13-9-7-10-14-22)17-25-19-29(23-15-11-8-12-16-23)31(21-27(25)26)33(4,5)6;14-12-5-1-10(2-6-12)9-11-3-7-13(15)8-4-11;1-2-4-5-3-1;;;/h7-21H,1-6H3;1-8H;1-3H,4H2;2*1H;/q-1;;-1;;;+2/p-2. The smallest absolute Gasteiger partial charge is 0.109 e. The molecule has 0 aliphatic heterocycles. The van der Waals surface area contributed by atoms with Crippen LogP contribution in [0.5, 0.6) is 0 Å². The van der Waals surface area contributed by atoms with Crippen LogP contribution in [0, 0.1) is 6.08 Å². The van der Waals surface area contributed by atoms with Crippen LogP contribution in [0.25, 0.3) is 43.8 Å². The normalized spacial score (nSPS) is 11.9. The molecule has 0 unspecified atom stereocenters. The molecule has 284 valence electrons. The van der Waals surface area contributed by atoms with Crippen molar-refractivity contribution in [1.82, 2.24) is 0 Å². The van der Waals surface area contributed by atoms with E-state index in [1.54, 1.807) is 0 Å². The van der Waals surface area contributed by atoms with E-state index < -0.39 is 0 Å². The largest absolute Gasteiger partial charge is 1.00 e. The van der Waals surface area contributed by atoms with Crippen LogP contribution in [0.4, 0.5) is 0 Å². The molecule has 0 spiro atoms. The fourth-order valence-electron chi connectivity index (χ4n) is 6.80. The molecule has 0 fully saturated rings. The SMILES string of the molecule is CC(C)(C)c1cc2c(cc1-c1ccccc1)[cH-]c1cc(-c3ccccc3)c(C(C)(C)C)cc12.Clc1ccc([C](=[Zr+2])c2ccc(Cl)cc2)cc1.[C-]1=CC=CC1.[Cl-].[Cl-]. The van der Waals surface area contributed by atoms with E-state index in [0.717, 1.165) is 16.5 Å². The second-order valence-electron chi connectivity index (χ2n) is 15.7.